The van der Waals surface area contributed by atoms with Gasteiger partial charge in [0.2, 0.25) is 0 Å². The van der Waals surface area contributed by atoms with Crippen molar-refractivity contribution < 1.29 is 33.3 Å². The van der Waals surface area contributed by atoms with Crippen LogP contribution in [0.25, 0.3) is 6.08 Å². The second kappa shape index (κ2) is 14.7. The van der Waals surface area contributed by atoms with Gasteiger partial charge in [0.1, 0.15) is 18.2 Å². The van der Waals surface area contributed by atoms with Crippen molar-refractivity contribution in [3.63, 3.8) is 0 Å². The number of ether oxygens (including phenoxy) is 4. The zero-order valence-corrected chi connectivity index (χ0v) is 21.4. The van der Waals surface area contributed by atoms with Gasteiger partial charge < -0.3 is 18.9 Å². The number of nitrogens with zero attached hydrogens (tertiary/aromatic N) is 2. The van der Waals surface area contributed by atoms with Crippen LogP contribution in [0.15, 0.2) is 34.9 Å². The molecule has 0 bridgehead atoms. The molecule has 1 aliphatic heterocycles. The molecule has 9 heteroatoms. The van der Waals surface area contributed by atoms with Crippen LogP contribution in [-0.4, -0.2) is 62.3 Å². The molecule has 1 aromatic rings. The van der Waals surface area contributed by atoms with Crippen LogP contribution in [0.2, 0.25) is 0 Å². The summed E-state index contributed by atoms with van der Waals surface area (Å²) < 4.78 is 21.8. The monoisotopic (exact) mass is 498 g/mol. The fraction of sp³-hybridized carbons (Fsp3) is 0.481. The molecule has 1 heterocycles. The Hall–Kier alpha value is -3.64. The molecule has 9 nitrogen and oxygen atoms in total. The molecule has 0 aliphatic carbocycles. The molecule has 0 radical (unpaired) electrons. The number of nitriles is 1. The summed E-state index contributed by atoms with van der Waals surface area (Å²) in [7, 11) is 0. The summed E-state index contributed by atoms with van der Waals surface area (Å²) in [6.45, 7) is 8.12. The minimum absolute atomic E-state index is 0.0394. The van der Waals surface area contributed by atoms with E-state index in [1.165, 1.54) is 6.92 Å². The third kappa shape index (κ3) is 7.95. The van der Waals surface area contributed by atoms with Crippen LogP contribution in [0.1, 0.15) is 52.5 Å². The van der Waals surface area contributed by atoms with Crippen molar-refractivity contribution in [1.82, 2.24) is 4.90 Å². The summed E-state index contributed by atoms with van der Waals surface area (Å²) in [6.07, 6.45) is 4.76. The summed E-state index contributed by atoms with van der Waals surface area (Å²) in [5.41, 5.74) is 1.13. The van der Waals surface area contributed by atoms with E-state index in [4.69, 9.17) is 18.9 Å². The first kappa shape index (κ1) is 28.6. The molecule has 0 saturated heterocycles. The first-order valence-electron chi connectivity index (χ1n) is 12.1. The molecule has 1 aliphatic rings. The first-order valence-corrected chi connectivity index (χ1v) is 12.1. The maximum absolute atomic E-state index is 13.2. The molecule has 2 amide bonds. The fourth-order valence-electron chi connectivity index (χ4n) is 3.54. The molecule has 0 N–H and O–H groups in total. The van der Waals surface area contributed by atoms with Gasteiger partial charge in [0.15, 0.2) is 11.5 Å². The average Bonchev–Trinajstić information content (AvgIpc) is 2.85. The number of carbonyl (C=O) groups is 3. The Kier molecular flexibility index (Phi) is 11.7. The molecular weight excluding hydrogens is 464 g/mol. The molecule has 0 saturated carbocycles. The molecule has 2 rings (SSSR count). The van der Waals surface area contributed by atoms with Gasteiger partial charge in [-0.2, -0.15) is 5.26 Å². The second-order valence-electron chi connectivity index (χ2n) is 8.08. The smallest absolute Gasteiger partial charge is 0.302 e. The maximum Gasteiger partial charge on any atom is 0.302 e. The largest absolute Gasteiger partial charge is 0.490 e. The Morgan fingerprint density at radius 3 is 2.47 bits per heavy atom. The molecule has 0 fully saturated rings. The number of hydrogen-bond donors (Lipinski definition) is 0. The first-order chi connectivity index (χ1) is 17.3. The SMILES string of the molecule is CCCCCOc1ccc(/C=C2/C(=O)N(CCOCCOC(C)=O)C(=O)C(C#N)=C2C)cc1OCC. The summed E-state index contributed by atoms with van der Waals surface area (Å²) in [5, 5.41) is 9.57. The number of imide groups is 1. The Morgan fingerprint density at radius 2 is 1.81 bits per heavy atom. The fourth-order valence-corrected chi connectivity index (χ4v) is 3.54. The van der Waals surface area contributed by atoms with Crippen molar-refractivity contribution in [3.8, 4) is 17.6 Å². The highest BCUT2D eigenvalue weighted by atomic mass is 16.6. The molecule has 0 unspecified atom stereocenters. The highest BCUT2D eigenvalue weighted by Crippen LogP contribution is 2.32. The molecule has 0 spiro atoms. The Morgan fingerprint density at radius 1 is 1.03 bits per heavy atom. The van der Waals surface area contributed by atoms with Gasteiger partial charge in [0, 0.05) is 12.5 Å². The van der Waals surface area contributed by atoms with Crippen LogP contribution >= 0.6 is 0 Å². The predicted molar refractivity (Wildman–Crippen MR) is 133 cm³/mol. The topological polar surface area (TPSA) is 115 Å². The van der Waals surface area contributed by atoms with Crippen LogP contribution in [0.3, 0.4) is 0 Å². The van der Waals surface area contributed by atoms with Gasteiger partial charge >= 0.3 is 5.97 Å². The van der Waals surface area contributed by atoms with Gasteiger partial charge in [0.05, 0.1) is 33.0 Å². The van der Waals surface area contributed by atoms with Gasteiger partial charge in [-0.05, 0) is 49.6 Å². The standard InChI is InChI=1S/C27H34N2O7/c1-5-7-8-12-36-24-10-9-21(17-25(24)34-6-2)16-22-19(3)23(18-28)27(32)29(26(22)31)11-13-33-14-15-35-20(4)30/h9-10,16-17H,5-8,11-15H2,1-4H3/b22-16+. The van der Waals surface area contributed by atoms with E-state index in [2.05, 4.69) is 6.92 Å². The van der Waals surface area contributed by atoms with Crippen LogP contribution in [0, 0.1) is 11.3 Å². The van der Waals surface area contributed by atoms with E-state index in [0.717, 1.165) is 24.2 Å². The van der Waals surface area contributed by atoms with Gasteiger partial charge in [-0.15, -0.1) is 0 Å². The lowest BCUT2D eigenvalue weighted by Crippen LogP contribution is -2.44. The quantitative estimate of drug-likeness (QED) is 0.165. The third-order valence-electron chi connectivity index (χ3n) is 5.40. The Balaban J connectivity index is 2.24. The minimum atomic E-state index is -0.661. The maximum atomic E-state index is 13.2. The lowest BCUT2D eigenvalue weighted by atomic mass is 9.93. The van der Waals surface area contributed by atoms with Crippen molar-refractivity contribution in [3.05, 3.63) is 40.5 Å². The molecular formula is C27H34N2O7. The summed E-state index contributed by atoms with van der Waals surface area (Å²) in [4.78, 5) is 37.8. The van der Waals surface area contributed by atoms with Gasteiger partial charge in [-0.3, -0.25) is 19.3 Å². The number of carbonyl (C=O) groups excluding carboxylic acids is 3. The number of benzene rings is 1. The van der Waals surface area contributed by atoms with E-state index in [9.17, 15) is 19.6 Å². The minimum Gasteiger partial charge on any atom is -0.490 e. The molecule has 1 aromatic carbocycles. The van der Waals surface area contributed by atoms with Crippen molar-refractivity contribution in [1.29, 1.82) is 5.26 Å². The molecule has 36 heavy (non-hydrogen) atoms. The van der Waals surface area contributed by atoms with E-state index in [1.54, 1.807) is 31.2 Å². The van der Waals surface area contributed by atoms with Crippen LogP contribution in [0.5, 0.6) is 11.5 Å². The number of unbranched alkanes of at least 4 members (excludes halogenated alkanes) is 2. The normalized spacial score (nSPS) is 14.8. The van der Waals surface area contributed by atoms with Gasteiger partial charge in [-0.25, -0.2) is 0 Å². The van der Waals surface area contributed by atoms with E-state index in [0.29, 0.717) is 35.8 Å². The van der Waals surface area contributed by atoms with E-state index >= 15 is 0 Å². The number of esters is 1. The van der Waals surface area contributed by atoms with Crippen molar-refractivity contribution in [2.45, 2.75) is 47.0 Å². The van der Waals surface area contributed by atoms with Crippen LogP contribution in [-0.2, 0) is 23.9 Å². The highest BCUT2D eigenvalue weighted by molar-refractivity contribution is 6.19. The van der Waals surface area contributed by atoms with Crippen molar-refractivity contribution >= 4 is 23.9 Å². The zero-order chi connectivity index (χ0) is 26.5. The number of rotatable bonds is 14. The lowest BCUT2D eigenvalue weighted by Gasteiger charge is -2.27. The summed E-state index contributed by atoms with van der Waals surface area (Å²) in [6, 6.07) is 7.29. The van der Waals surface area contributed by atoms with Crippen LogP contribution < -0.4 is 9.47 Å². The molecule has 0 aromatic heterocycles. The van der Waals surface area contributed by atoms with Crippen molar-refractivity contribution in [2.75, 3.05) is 39.6 Å². The molecule has 194 valence electrons. The Bertz CT molecular complexity index is 1050. The van der Waals surface area contributed by atoms with E-state index in [1.807, 2.05) is 13.0 Å². The van der Waals surface area contributed by atoms with E-state index in [-0.39, 0.29) is 37.5 Å². The summed E-state index contributed by atoms with van der Waals surface area (Å²) in [5.74, 6) is -0.414. The number of hydrogen-bond acceptors (Lipinski definition) is 8. The second-order valence-corrected chi connectivity index (χ2v) is 8.08. The zero-order valence-electron chi connectivity index (χ0n) is 21.4. The van der Waals surface area contributed by atoms with Gasteiger partial charge in [0.25, 0.3) is 11.8 Å². The third-order valence-corrected chi connectivity index (χ3v) is 5.40. The molecule has 0 atom stereocenters. The van der Waals surface area contributed by atoms with Gasteiger partial charge in [-0.1, -0.05) is 25.8 Å². The predicted octanol–water partition coefficient (Wildman–Crippen LogP) is 3.83. The Labute approximate surface area is 212 Å². The highest BCUT2D eigenvalue weighted by Gasteiger charge is 2.35. The van der Waals surface area contributed by atoms with E-state index < -0.39 is 17.8 Å². The van der Waals surface area contributed by atoms with Crippen LogP contribution in [0.4, 0.5) is 0 Å². The number of amides is 2. The van der Waals surface area contributed by atoms with Crippen molar-refractivity contribution in [2.24, 2.45) is 0 Å². The summed E-state index contributed by atoms with van der Waals surface area (Å²) >= 11 is 0. The lowest BCUT2D eigenvalue weighted by molar-refractivity contribution is -0.142. The average molecular weight is 499 g/mol.